The molecule has 0 aliphatic rings. The van der Waals surface area contributed by atoms with Crippen molar-refractivity contribution in [1.82, 2.24) is 430 Å². The summed E-state index contributed by atoms with van der Waals surface area (Å²) in [6, 6.07) is 0. The van der Waals surface area contributed by atoms with Crippen LogP contribution in [0.3, 0.4) is 0 Å². The Kier molecular flexibility index (Phi) is 910000. The van der Waals surface area contributed by atoms with Crippen molar-refractivity contribution in [2.75, 3.05) is 0 Å². The Balaban J connectivity index is -0.00000000278. The van der Waals surface area contributed by atoms with Gasteiger partial charge in [-0.15, -0.1) is 0 Å². The smallest absolute Gasteiger partial charge is 0.115 e. The van der Waals surface area contributed by atoms with Crippen LogP contribution in [0.1, 0.15) is 290 Å². The zero-order chi connectivity index (χ0) is 152. The molecular weight excluding hydrogens is 1860 g/mol. The largest absolute Gasteiger partial charge is 0.344 e. The van der Waals surface area contributed by atoms with E-state index in [1.807, 2.05) is 0 Å². The van der Waals surface area contributed by atoms with Crippen LogP contribution in [0.4, 0.5) is 0 Å². The summed E-state index contributed by atoms with van der Waals surface area (Å²) < 4.78 is 402. The minimum absolute atomic E-state index is 0. The molecule has 0 fully saturated rings. The molecule has 0 aliphatic carbocycles. The molecule has 0 aliphatic heterocycles. The van der Waals surface area contributed by atoms with Gasteiger partial charge >= 0.3 is 0 Å². The molecule has 2 unspecified atom stereocenters. The van der Waals surface area contributed by atoms with Crippen molar-refractivity contribution < 1.29 is 144 Å². The first-order valence-corrected chi connectivity index (χ1v) is 0. The van der Waals surface area contributed by atoms with Crippen molar-refractivity contribution in [1.29, 1.82) is 0 Å². The standard InChI is InChI=1S/38CH4.70H3N.No.2H3P.2V/h38*1H4;70*1H3;;2*1H3;;/i6*1T;;;;;;;;;;;;;;;;;;;;;;;;;;;;;;;;;;;;;;;;;;;;;;;;;;;;;;;;;;;;;;;;;;;;;;;;;;;;;;;;;;;;;;;;;;;;;;;;;;;;;;;;;;;/hT12D58. The second kappa shape index (κ2) is 419000. The third-order valence-electron chi connectivity index (χ3n) is 0. The van der Waals surface area contributed by atoms with E-state index in [0.717, 1.165) is 0 Å². The molecule has 2 radical (unpaired) electrons. The van der Waals surface area contributed by atoms with Gasteiger partial charge in [-0.1, -0.05) is 282 Å². The first kappa shape index (κ1) is 245. The van der Waals surface area contributed by atoms with Gasteiger partial charge in [0.1, 0.15) is 98.8 Å². The molecule has 70 nitrogen and oxygen atoms in total. The molecule has 0 rings (SSSR count). The van der Waals surface area contributed by atoms with Crippen LogP contribution in [0.25, 0.3) is 0 Å². The molecule has 0 aromatic carbocycles. The van der Waals surface area contributed by atoms with Gasteiger partial charge in [-0.2, -0.15) is 19.8 Å². The van der Waals surface area contributed by atoms with E-state index in [1.54, 1.807) is 0 Å². The quantitative estimate of drug-likeness (QED) is 0.100. The maximum atomic E-state index is 5.75. The molecule has 0 saturated carbocycles. The predicted molar refractivity (Wildman–Crippen MR) is 630 cm³/mol. The molecular formula is C38H368N70NoP2V2. The van der Waals surface area contributed by atoms with Gasteiger partial charge in [0.25, 0.3) is 0 Å². The van der Waals surface area contributed by atoms with Crippen molar-refractivity contribution >= 4 is 19.8 Å². The summed E-state index contributed by atoms with van der Waals surface area (Å²) in [7, 11) is 7.50. The summed E-state index contributed by atoms with van der Waals surface area (Å²) in [5.74, 6) is 0. The summed E-state index contributed by atoms with van der Waals surface area (Å²) in [6.45, 7) is 0. The van der Waals surface area contributed by atoms with Gasteiger partial charge in [-0.25, -0.2) is 0 Å². The van der Waals surface area contributed by atoms with Crippen LogP contribution in [-0.4, -0.2) is 0 Å². The van der Waals surface area contributed by atoms with Gasteiger partial charge in [-0.3, -0.25) is 0 Å². The second-order valence-electron chi connectivity index (χ2n) is 0. The Labute approximate surface area is 877 Å². The molecule has 2 atom stereocenters. The van der Waals surface area contributed by atoms with Crippen molar-refractivity contribution in [3.63, 3.8) is 0 Å². The average molecular weight is 2330 g/mol. The topological polar surface area (TPSA) is 2450 Å². The van der Waals surface area contributed by atoms with Gasteiger partial charge in [0, 0.05) is 45.3 Å². The van der Waals surface area contributed by atoms with Crippen LogP contribution in [0, 0.1) is 0 Å². The molecule has 904 valence electrons. The van der Waals surface area contributed by atoms with Crippen LogP contribution < -0.4 is 430 Å². The fourth-order valence-electron chi connectivity index (χ4n) is 0. The minimum Gasteiger partial charge on any atom is -0.344 e. The summed E-state index contributed by atoms with van der Waals surface area (Å²) in [5.41, 5.74) is 0. The summed E-state index contributed by atoms with van der Waals surface area (Å²) in [6.07, 6.45) is 262. The molecule has 75 heteroatoms. The van der Waals surface area contributed by atoms with E-state index in [2.05, 4.69) is 430 Å². The Hall–Kier alpha value is -1.77. The summed E-state index contributed by atoms with van der Waals surface area (Å²) in [4.78, 5) is 0. The molecule has 0 saturated heterocycles. The van der Waals surface area contributed by atoms with Crippen molar-refractivity contribution in [2.24, 2.45) is 0 Å². The van der Waals surface area contributed by atoms with Gasteiger partial charge in [-0.05, 0) is 0 Å². The first-order valence-electron chi connectivity index (χ1n) is 46.4. The van der Waals surface area contributed by atoms with Gasteiger partial charge in [0.15, 0.2) is 0 Å². The maximum absolute atomic E-state index is 5.75. The van der Waals surface area contributed by atoms with E-state index in [9.17, 15) is 0 Å². The second-order valence-corrected chi connectivity index (χ2v) is 0. The molecule has 0 amide bonds. The summed E-state index contributed by atoms with van der Waals surface area (Å²) in [5, 5.41) is 0. The van der Waals surface area contributed by atoms with Crippen molar-refractivity contribution in [3.05, 3.63) is 0 Å². The molecule has 210 N–H and O–H groups in total. The Morgan fingerprint density at radius 3 is 0.0885 bits per heavy atom. The fraction of sp³-hybridized carbons (Fsp3) is 1.00. The van der Waals surface area contributed by atoms with E-state index in [4.69, 9.17) is 107 Å². The third-order valence-corrected chi connectivity index (χ3v) is 0. The van der Waals surface area contributed by atoms with Crippen LogP contribution in [0.15, 0.2) is 0 Å². The van der Waals surface area contributed by atoms with E-state index < -0.39 is 0 Å². The van der Waals surface area contributed by atoms with Crippen LogP contribution in [-0.2, 0) is 37.1 Å². The van der Waals surface area contributed by atoms with Gasteiger partial charge < -0.3 is 430 Å². The van der Waals surface area contributed by atoms with E-state index in [-0.39, 0.29) is 295 Å². The van der Waals surface area contributed by atoms with Crippen LogP contribution in [0.2, 0.25) is 98.8 Å². The number of hydrogen-bond donors (Lipinski definition) is 70. The number of hydrogen-bond acceptors (Lipinski definition) is 70. The van der Waals surface area contributed by atoms with Crippen LogP contribution >= 0.6 is 19.8 Å². The van der Waals surface area contributed by atoms with E-state index >= 15 is 0 Å². The van der Waals surface area contributed by atoms with Crippen molar-refractivity contribution in [2.45, 2.75) is 282 Å². The molecule has 113 heavy (non-hydrogen) atoms. The Bertz CT molecular complexity index is 322. The zero-order valence-corrected chi connectivity index (χ0v) is 56.8. The maximum Gasteiger partial charge on any atom is 0.115 e. The predicted octanol–water partition coefficient (Wildman–Crippen LogP) is 35.6. The SMILES string of the molecule is C.C.C.C.C.C.C.C.C.C.C.C.C.C.C.C.C.C.C.C.C.C.C.C.C.C.C.C.C.C.C.C.P.P.[2H]N.[2H]N.[2H]N.[2H]N.[2H]N.[2H]N.[2H]N.[2H]N.[2H]N.[2H]N.[2H]N.[2H]N.[2H]N.[2H]N.[2H]N.[2H]N.[2H]N.[2H]N.[2H]N.[2H]N.[2H]N.[2H]N.[2H]N.[2H]N.[2H]N.[2H]N.[2H]N.[2H]N.[2H]N.[2H]N.[2H]N.[2H]N.[2H]N.[2H]N.[2H]N.[2H]N.[2H]N.[2H]N.[2H]N.[2H]N.[2H]N.[2H]N.[2H]N.[2H]N.[2H]N.[2H]N.[2H]N.[2H]N.[2H]N.[2H]N.[2H]N.[2H]N.[2H]N.[2H]N.[2H]N.[2H]N.[2H]N.[2H]N.[3H]C.[3H]C.[3H]C.[3H]C.[3H]C.[3H]C.[3H]N.[3H]N.[3H]N.[3H]N.[3H]N.[3H]N.[3H]N.[3H]N.[3H]N.[3H]N.[3H]N.[3H]N.[No].[V].[V]. The van der Waals surface area contributed by atoms with E-state index in [1.165, 1.54) is 44.4 Å². The Morgan fingerprint density at radius 1 is 0.0885 bits per heavy atom. The molecule has 0 heterocycles. The Morgan fingerprint density at radius 2 is 0.0885 bits per heavy atom. The van der Waals surface area contributed by atoms with Gasteiger partial charge in [0.2, 0.25) is 0 Å². The first-order chi connectivity index (χ1) is 76.0. The summed E-state index contributed by atoms with van der Waals surface area (Å²) >= 11 is 0. The van der Waals surface area contributed by atoms with Crippen molar-refractivity contribution in [3.8, 4) is 0 Å². The monoisotopic (exact) mass is 2320 g/mol. The normalized spacial score (nSPS) is 4.71. The fourth-order valence-corrected chi connectivity index (χ4v) is 0. The zero-order valence-electron chi connectivity index (χ0n) is 125. The third kappa shape index (κ3) is 412000. The molecule has 0 spiro atoms. The minimum atomic E-state index is 0. The molecule has 0 aromatic heterocycles. The van der Waals surface area contributed by atoms with Crippen LogP contribution in [0.5, 0.6) is 0 Å². The molecule has 0 aromatic rings. The van der Waals surface area contributed by atoms with Gasteiger partial charge in [0.05, 0.1) is 0 Å². The molecule has 0 bridgehead atoms. The number of rotatable bonds is 0. The van der Waals surface area contributed by atoms with E-state index in [0.29, 0.717) is 0 Å². The average Bonchev–Trinajstić information content (AvgIpc) is 4.17.